The van der Waals surface area contributed by atoms with Gasteiger partial charge in [-0.25, -0.2) is 24.7 Å². The molecule has 1 aliphatic heterocycles. The number of hydroxylamine groups is 2. The zero-order chi connectivity index (χ0) is 13.6. The SMILES string of the molecule is CN1OC(C(=O)O)N=C1c1cnc2[nH]ccc2c1Cl. The molecule has 0 saturated carbocycles. The predicted octanol–water partition coefficient (Wildman–Crippen LogP) is 1.25. The molecule has 19 heavy (non-hydrogen) atoms. The van der Waals surface area contributed by atoms with Crippen molar-refractivity contribution in [2.75, 3.05) is 7.05 Å². The lowest BCUT2D eigenvalue weighted by Gasteiger charge is -2.13. The van der Waals surface area contributed by atoms with Crippen molar-refractivity contribution in [2.45, 2.75) is 6.23 Å². The topological polar surface area (TPSA) is 90.8 Å². The minimum Gasteiger partial charge on any atom is -0.478 e. The molecule has 1 aliphatic rings. The molecule has 0 saturated heterocycles. The molecule has 1 atom stereocenters. The number of nitrogens with one attached hydrogen (secondary N) is 1. The number of aromatic nitrogens is 2. The van der Waals surface area contributed by atoms with Gasteiger partial charge in [0.2, 0.25) is 0 Å². The average Bonchev–Trinajstić information content (AvgIpc) is 2.97. The molecule has 1 unspecified atom stereocenters. The van der Waals surface area contributed by atoms with Crippen molar-refractivity contribution in [1.82, 2.24) is 15.0 Å². The van der Waals surface area contributed by atoms with Gasteiger partial charge in [-0.2, -0.15) is 0 Å². The van der Waals surface area contributed by atoms with Crippen LogP contribution < -0.4 is 0 Å². The lowest BCUT2D eigenvalue weighted by Crippen LogP contribution is -2.26. The van der Waals surface area contributed by atoms with Gasteiger partial charge in [0.05, 0.1) is 10.6 Å². The van der Waals surface area contributed by atoms with Crippen molar-refractivity contribution in [3.05, 3.63) is 29.0 Å². The smallest absolute Gasteiger partial charge is 0.358 e. The van der Waals surface area contributed by atoms with Gasteiger partial charge in [0.25, 0.3) is 6.23 Å². The summed E-state index contributed by atoms with van der Waals surface area (Å²) in [5, 5.41) is 11.4. The van der Waals surface area contributed by atoms with E-state index < -0.39 is 12.2 Å². The zero-order valence-electron chi connectivity index (χ0n) is 9.79. The van der Waals surface area contributed by atoms with E-state index in [9.17, 15) is 4.79 Å². The summed E-state index contributed by atoms with van der Waals surface area (Å²) in [6.45, 7) is 0. The molecule has 0 bridgehead atoms. The highest BCUT2D eigenvalue weighted by atomic mass is 35.5. The lowest BCUT2D eigenvalue weighted by molar-refractivity contribution is -0.166. The number of pyridine rings is 1. The Kier molecular flexibility index (Phi) is 2.65. The Morgan fingerprint density at radius 1 is 1.63 bits per heavy atom. The number of aliphatic carboxylic acids is 1. The van der Waals surface area contributed by atoms with E-state index in [4.69, 9.17) is 21.5 Å². The Balaban J connectivity index is 2.11. The van der Waals surface area contributed by atoms with Crippen molar-refractivity contribution >= 4 is 34.4 Å². The summed E-state index contributed by atoms with van der Waals surface area (Å²) in [6, 6.07) is 1.79. The summed E-state index contributed by atoms with van der Waals surface area (Å²) in [6.07, 6.45) is 2.01. The van der Waals surface area contributed by atoms with E-state index in [1.165, 1.54) is 11.3 Å². The molecule has 3 heterocycles. The maximum absolute atomic E-state index is 10.9. The average molecular weight is 281 g/mol. The number of halogens is 1. The molecule has 8 heteroatoms. The van der Waals surface area contributed by atoms with Crippen LogP contribution in [-0.4, -0.2) is 45.2 Å². The number of carbonyl (C=O) groups is 1. The number of amidine groups is 1. The van der Waals surface area contributed by atoms with Gasteiger partial charge in [0.1, 0.15) is 5.65 Å². The van der Waals surface area contributed by atoms with Crippen LogP contribution in [0.1, 0.15) is 5.56 Å². The summed E-state index contributed by atoms with van der Waals surface area (Å²) >= 11 is 6.29. The highest BCUT2D eigenvalue weighted by Gasteiger charge is 2.31. The van der Waals surface area contributed by atoms with Gasteiger partial charge in [0.15, 0.2) is 5.84 Å². The minimum absolute atomic E-state index is 0.341. The Morgan fingerprint density at radius 2 is 2.42 bits per heavy atom. The molecule has 2 N–H and O–H groups in total. The fourth-order valence-corrected chi connectivity index (χ4v) is 2.17. The Bertz CT molecular complexity index is 696. The number of nitrogens with zero attached hydrogens (tertiary/aromatic N) is 3. The fourth-order valence-electron chi connectivity index (χ4n) is 1.89. The van der Waals surface area contributed by atoms with Crippen molar-refractivity contribution in [3.63, 3.8) is 0 Å². The van der Waals surface area contributed by atoms with Crippen molar-refractivity contribution in [2.24, 2.45) is 4.99 Å². The normalized spacial score (nSPS) is 18.9. The zero-order valence-corrected chi connectivity index (χ0v) is 10.5. The summed E-state index contributed by atoms with van der Waals surface area (Å²) in [7, 11) is 1.57. The largest absolute Gasteiger partial charge is 0.478 e. The number of aromatic amines is 1. The van der Waals surface area contributed by atoms with Crippen LogP contribution in [0.25, 0.3) is 11.0 Å². The van der Waals surface area contributed by atoms with Gasteiger partial charge in [-0.3, -0.25) is 0 Å². The Morgan fingerprint density at radius 3 is 3.11 bits per heavy atom. The second kappa shape index (κ2) is 4.22. The van der Waals surface area contributed by atoms with E-state index in [1.807, 2.05) is 0 Å². The number of rotatable bonds is 2. The molecule has 2 aromatic rings. The monoisotopic (exact) mass is 280 g/mol. The fraction of sp³-hybridized carbons (Fsp3) is 0.182. The Hall–Kier alpha value is -2.12. The summed E-state index contributed by atoms with van der Waals surface area (Å²) in [5.74, 6) is -0.818. The van der Waals surface area contributed by atoms with Gasteiger partial charge >= 0.3 is 5.97 Å². The molecular formula is C11H9ClN4O3. The van der Waals surface area contributed by atoms with Crippen LogP contribution in [0.3, 0.4) is 0 Å². The number of H-pyrrole nitrogens is 1. The predicted molar refractivity (Wildman–Crippen MR) is 67.9 cm³/mol. The number of fused-ring (bicyclic) bond motifs is 1. The quantitative estimate of drug-likeness (QED) is 0.864. The minimum atomic E-state index is -1.25. The van der Waals surface area contributed by atoms with Crippen LogP contribution in [0.2, 0.25) is 5.02 Å². The summed E-state index contributed by atoms with van der Waals surface area (Å²) in [4.78, 5) is 27.1. The molecule has 2 aromatic heterocycles. The molecule has 7 nitrogen and oxygen atoms in total. The molecule has 0 fully saturated rings. The third kappa shape index (κ3) is 1.83. The van der Waals surface area contributed by atoms with Gasteiger partial charge in [0, 0.05) is 24.8 Å². The van der Waals surface area contributed by atoms with Crippen LogP contribution in [0, 0.1) is 0 Å². The van der Waals surface area contributed by atoms with E-state index in [1.54, 1.807) is 19.3 Å². The van der Waals surface area contributed by atoms with Gasteiger partial charge < -0.3 is 10.1 Å². The Labute approximate surface area is 112 Å². The molecule has 0 radical (unpaired) electrons. The first-order chi connectivity index (χ1) is 9.08. The van der Waals surface area contributed by atoms with Crippen LogP contribution >= 0.6 is 11.6 Å². The second-order valence-electron chi connectivity index (χ2n) is 3.97. The van der Waals surface area contributed by atoms with E-state index in [2.05, 4.69) is 15.0 Å². The molecule has 98 valence electrons. The highest BCUT2D eigenvalue weighted by Crippen LogP contribution is 2.28. The lowest BCUT2D eigenvalue weighted by atomic mass is 10.2. The van der Waals surface area contributed by atoms with Crippen LogP contribution in [0.5, 0.6) is 0 Å². The number of hydrogen-bond donors (Lipinski definition) is 2. The van der Waals surface area contributed by atoms with E-state index in [0.29, 0.717) is 22.1 Å². The first-order valence-corrected chi connectivity index (χ1v) is 5.79. The first kappa shape index (κ1) is 11.9. The number of carboxylic acid groups (broad SMARTS) is 1. The van der Waals surface area contributed by atoms with Crippen molar-refractivity contribution < 1.29 is 14.7 Å². The summed E-state index contributed by atoms with van der Waals surface area (Å²) < 4.78 is 0. The van der Waals surface area contributed by atoms with E-state index in [-0.39, 0.29) is 0 Å². The van der Waals surface area contributed by atoms with Crippen LogP contribution in [0.15, 0.2) is 23.5 Å². The number of aliphatic imine (C=N–C) groups is 1. The first-order valence-electron chi connectivity index (χ1n) is 5.41. The molecule has 0 aromatic carbocycles. The maximum atomic E-state index is 10.9. The third-order valence-corrected chi connectivity index (χ3v) is 3.18. The van der Waals surface area contributed by atoms with Gasteiger partial charge in [-0.15, -0.1) is 0 Å². The second-order valence-corrected chi connectivity index (χ2v) is 4.35. The highest BCUT2D eigenvalue weighted by molar-refractivity contribution is 6.38. The van der Waals surface area contributed by atoms with Gasteiger partial charge in [-0.05, 0) is 6.07 Å². The molecule has 0 amide bonds. The van der Waals surface area contributed by atoms with Crippen LogP contribution in [0.4, 0.5) is 0 Å². The number of hydrogen-bond acceptors (Lipinski definition) is 5. The van der Waals surface area contributed by atoms with E-state index in [0.717, 1.165) is 5.39 Å². The van der Waals surface area contributed by atoms with Gasteiger partial charge in [-0.1, -0.05) is 11.6 Å². The van der Waals surface area contributed by atoms with E-state index >= 15 is 0 Å². The van der Waals surface area contributed by atoms with Crippen molar-refractivity contribution in [3.8, 4) is 0 Å². The number of carboxylic acids is 1. The molecule has 3 rings (SSSR count). The standard InChI is InChI=1S/C11H9ClN4O3/c1-16-9(15-10(19-16)11(17)18)6-4-14-8-5(7(6)12)2-3-13-8/h2-4,10H,1H3,(H,13,14)(H,17,18). The molecular weight excluding hydrogens is 272 g/mol. The third-order valence-electron chi connectivity index (χ3n) is 2.77. The maximum Gasteiger partial charge on any atom is 0.358 e. The van der Waals surface area contributed by atoms with Crippen LogP contribution in [-0.2, 0) is 9.63 Å². The van der Waals surface area contributed by atoms with Crippen molar-refractivity contribution in [1.29, 1.82) is 0 Å². The molecule has 0 aliphatic carbocycles. The summed E-state index contributed by atoms with van der Waals surface area (Å²) in [5.41, 5.74) is 1.19. The molecule has 0 spiro atoms.